The molecule has 2 aliphatic rings. The molecule has 0 radical (unpaired) electrons. The van der Waals surface area contributed by atoms with Gasteiger partial charge in [0.25, 0.3) is 0 Å². The van der Waals surface area contributed by atoms with E-state index in [-0.39, 0.29) is 22.6 Å². The number of rotatable bonds is 3. The molecule has 130 valence electrons. The zero-order valence-electron chi connectivity index (χ0n) is 13.4. The molecule has 0 saturated carbocycles. The Labute approximate surface area is 147 Å². The van der Waals surface area contributed by atoms with Gasteiger partial charge in [-0.15, -0.1) is 0 Å². The van der Waals surface area contributed by atoms with Gasteiger partial charge < -0.3 is 24.6 Å². The van der Waals surface area contributed by atoms with Crippen molar-refractivity contribution in [2.45, 2.75) is 11.6 Å². The highest BCUT2D eigenvalue weighted by molar-refractivity contribution is 8.02. The van der Waals surface area contributed by atoms with E-state index >= 15 is 0 Å². The van der Waals surface area contributed by atoms with Crippen molar-refractivity contribution in [3.63, 3.8) is 0 Å². The molecule has 9 heteroatoms. The van der Waals surface area contributed by atoms with E-state index in [1.165, 1.54) is 18.0 Å². The lowest BCUT2D eigenvalue weighted by Gasteiger charge is -2.37. The molecular weight excluding hydrogens is 344 g/mol. The van der Waals surface area contributed by atoms with Gasteiger partial charge >= 0.3 is 5.97 Å². The van der Waals surface area contributed by atoms with Crippen LogP contribution in [0.2, 0.25) is 0 Å². The Balaban J connectivity index is 1.92. The Morgan fingerprint density at radius 1 is 1.36 bits per heavy atom. The Morgan fingerprint density at radius 2 is 2.12 bits per heavy atom. The van der Waals surface area contributed by atoms with E-state index in [1.54, 1.807) is 16.7 Å². The fourth-order valence-corrected chi connectivity index (χ4v) is 3.95. The number of carbonyl (C=O) groups is 1. The number of hydrogen-bond donors (Lipinski definition) is 2. The van der Waals surface area contributed by atoms with Crippen LogP contribution in [0.15, 0.2) is 34.7 Å². The Hall–Kier alpha value is -2.52. The zero-order chi connectivity index (χ0) is 17.7. The molecule has 0 aromatic carbocycles. The summed E-state index contributed by atoms with van der Waals surface area (Å²) in [6.45, 7) is 0.991. The van der Waals surface area contributed by atoms with Gasteiger partial charge in [0.05, 0.1) is 11.5 Å². The molecule has 0 bridgehead atoms. The first kappa shape index (κ1) is 16.0. The van der Waals surface area contributed by atoms with Gasteiger partial charge in [-0.2, -0.15) is 0 Å². The van der Waals surface area contributed by atoms with Gasteiger partial charge in [-0.3, -0.25) is 4.79 Å². The predicted octanol–water partition coefficient (Wildman–Crippen LogP) is 0.881. The molecule has 2 aromatic rings. The third kappa shape index (κ3) is 2.56. The van der Waals surface area contributed by atoms with Gasteiger partial charge in [0.15, 0.2) is 5.50 Å². The van der Waals surface area contributed by atoms with E-state index in [9.17, 15) is 19.8 Å². The van der Waals surface area contributed by atoms with Crippen LogP contribution >= 0.6 is 11.8 Å². The van der Waals surface area contributed by atoms with Crippen LogP contribution in [0.3, 0.4) is 0 Å². The van der Waals surface area contributed by atoms with E-state index < -0.39 is 11.4 Å². The maximum Gasteiger partial charge on any atom is 0.341 e. The van der Waals surface area contributed by atoms with Crippen molar-refractivity contribution >= 4 is 34.6 Å². The van der Waals surface area contributed by atoms with E-state index in [2.05, 4.69) is 4.98 Å². The molecule has 1 fully saturated rings. The number of carboxylic acids is 1. The van der Waals surface area contributed by atoms with Crippen molar-refractivity contribution in [1.29, 1.82) is 0 Å². The third-order valence-corrected chi connectivity index (χ3v) is 5.44. The topological polar surface area (TPSA) is 98.9 Å². The SMILES string of the molecule is CN1C=CSC1n1cc(C(=O)O)c(=O)c2ccc(N3CC(O)C3)nc21. The van der Waals surface area contributed by atoms with E-state index in [4.69, 9.17) is 0 Å². The van der Waals surface area contributed by atoms with Crippen molar-refractivity contribution in [3.05, 3.63) is 45.7 Å². The molecule has 0 amide bonds. The van der Waals surface area contributed by atoms with Gasteiger partial charge in [0.1, 0.15) is 17.0 Å². The number of aliphatic hydroxyl groups excluding tert-OH is 1. The van der Waals surface area contributed by atoms with Crippen molar-refractivity contribution in [3.8, 4) is 0 Å². The van der Waals surface area contributed by atoms with Crippen LogP contribution in [-0.4, -0.2) is 56.9 Å². The predicted molar refractivity (Wildman–Crippen MR) is 94.7 cm³/mol. The minimum absolute atomic E-state index is 0.217. The van der Waals surface area contributed by atoms with Gasteiger partial charge in [0.2, 0.25) is 5.43 Å². The number of carboxylic acid groups (broad SMARTS) is 1. The van der Waals surface area contributed by atoms with Crippen molar-refractivity contribution in [1.82, 2.24) is 14.5 Å². The van der Waals surface area contributed by atoms with Crippen LogP contribution < -0.4 is 10.3 Å². The lowest BCUT2D eigenvalue weighted by Crippen LogP contribution is -2.51. The Kier molecular flexibility index (Phi) is 3.69. The number of nitrogens with zero attached hydrogens (tertiary/aromatic N) is 4. The smallest absolute Gasteiger partial charge is 0.341 e. The van der Waals surface area contributed by atoms with Crippen LogP contribution in [0.1, 0.15) is 15.9 Å². The van der Waals surface area contributed by atoms with Gasteiger partial charge in [-0.05, 0) is 17.5 Å². The molecule has 25 heavy (non-hydrogen) atoms. The minimum atomic E-state index is -1.26. The molecular formula is C16H16N4O4S. The number of aromatic nitrogens is 2. The Bertz CT molecular complexity index is 951. The Morgan fingerprint density at radius 3 is 2.72 bits per heavy atom. The third-order valence-electron chi connectivity index (χ3n) is 4.36. The summed E-state index contributed by atoms with van der Waals surface area (Å²) in [4.78, 5) is 32.4. The summed E-state index contributed by atoms with van der Waals surface area (Å²) in [5.74, 6) is -0.596. The van der Waals surface area contributed by atoms with E-state index in [0.717, 1.165) is 0 Å². The summed E-state index contributed by atoms with van der Waals surface area (Å²) in [6, 6.07) is 3.30. The van der Waals surface area contributed by atoms with E-state index in [0.29, 0.717) is 24.6 Å². The largest absolute Gasteiger partial charge is 0.477 e. The summed E-state index contributed by atoms with van der Waals surface area (Å²) in [5.41, 5.74) is -0.602. The fourth-order valence-electron chi connectivity index (χ4n) is 2.99. The quantitative estimate of drug-likeness (QED) is 0.832. The first-order valence-electron chi connectivity index (χ1n) is 7.72. The second kappa shape index (κ2) is 5.78. The summed E-state index contributed by atoms with van der Waals surface area (Å²) < 4.78 is 1.71. The highest BCUT2D eigenvalue weighted by atomic mass is 32.2. The molecule has 8 nitrogen and oxygen atoms in total. The first-order valence-corrected chi connectivity index (χ1v) is 8.66. The second-order valence-electron chi connectivity index (χ2n) is 6.10. The van der Waals surface area contributed by atoms with Gasteiger partial charge in [-0.25, -0.2) is 9.78 Å². The van der Waals surface area contributed by atoms with Crippen LogP contribution in [0.4, 0.5) is 5.82 Å². The van der Waals surface area contributed by atoms with Crippen molar-refractivity contribution in [2.24, 2.45) is 0 Å². The van der Waals surface area contributed by atoms with Crippen LogP contribution in [0.25, 0.3) is 11.0 Å². The second-order valence-corrected chi connectivity index (χ2v) is 7.06. The standard InChI is InChI=1S/C16H16N4O4S/c1-18-4-5-25-16(18)20-8-11(15(23)24)13(22)10-2-3-12(17-14(10)20)19-6-9(21)7-19/h2-5,8-9,16,21H,6-7H2,1H3,(H,23,24). The first-order chi connectivity index (χ1) is 12.0. The summed E-state index contributed by atoms with van der Waals surface area (Å²) in [7, 11) is 1.88. The lowest BCUT2D eigenvalue weighted by molar-refractivity contribution is 0.0694. The number of aromatic carboxylic acids is 1. The molecule has 2 aliphatic heterocycles. The zero-order valence-corrected chi connectivity index (χ0v) is 14.2. The number of aliphatic hydroxyl groups is 1. The van der Waals surface area contributed by atoms with Crippen LogP contribution in [-0.2, 0) is 0 Å². The normalized spacial score (nSPS) is 20.3. The average molecular weight is 360 g/mol. The molecule has 0 aliphatic carbocycles. The van der Waals surface area contributed by atoms with Crippen molar-refractivity contribution in [2.75, 3.05) is 25.0 Å². The monoisotopic (exact) mass is 360 g/mol. The van der Waals surface area contributed by atoms with Gasteiger partial charge in [-0.1, -0.05) is 11.8 Å². The molecule has 0 spiro atoms. The van der Waals surface area contributed by atoms with Crippen LogP contribution in [0, 0.1) is 0 Å². The molecule has 1 saturated heterocycles. The number of anilines is 1. The number of pyridine rings is 2. The van der Waals surface area contributed by atoms with E-state index in [1.807, 2.05) is 28.5 Å². The minimum Gasteiger partial charge on any atom is -0.477 e. The molecule has 1 atom stereocenters. The summed E-state index contributed by atoms with van der Waals surface area (Å²) in [6.07, 6.45) is 2.88. The van der Waals surface area contributed by atoms with Crippen molar-refractivity contribution < 1.29 is 15.0 Å². The summed E-state index contributed by atoms with van der Waals surface area (Å²) in [5, 5.41) is 21.0. The number of thioether (sulfide) groups is 1. The molecule has 2 N–H and O–H groups in total. The molecule has 4 heterocycles. The maximum atomic E-state index is 12.5. The molecule has 2 aromatic heterocycles. The molecule has 1 unspecified atom stereocenters. The lowest BCUT2D eigenvalue weighted by atomic mass is 10.1. The number of hydrogen-bond acceptors (Lipinski definition) is 7. The average Bonchev–Trinajstić information content (AvgIpc) is 2.97. The highest BCUT2D eigenvalue weighted by Gasteiger charge is 2.28. The highest BCUT2D eigenvalue weighted by Crippen LogP contribution is 2.35. The number of fused-ring (bicyclic) bond motifs is 1. The molecule has 4 rings (SSSR count). The van der Waals surface area contributed by atoms with Gasteiger partial charge in [0, 0.05) is 32.5 Å². The maximum absolute atomic E-state index is 12.5. The number of β-amino-alcohol motifs (C(OH)–C–C–N with tert-alkyl or cyclic N) is 1. The van der Waals surface area contributed by atoms with Crippen LogP contribution in [0.5, 0.6) is 0 Å². The summed E-state index contributed by atoms with van der Waals surface area (Å²) >= 11 is 1.50. The fraction of sp³-hybridized carbons (Fsp3) is 0.312.